The van der Waals surface area contributed by atoms with E-state index in [-0.39, 0.29) is 17.9 Å². The summed E-state index contributed by atoms with van der Waals surface area (Å²) in [6.45, 7) is 3.31. The maximum atomic E-state index is 13.3. The van der Waals surface area contributed by atoms with Gasteiger partial charge in [-0.25, -0.2) is 14.2 Å². The Hall–Kier alpha value is -2.12. The average molecular weight is 388 g/mol. The van der Waals surface area contributed by atoms with Crippen molar-refractivity contribution in [2.45, 2.75) is 17.9 Å². The van der Waals surface area contributed by atoms with Gasteiger partial charge < -0.3 is 9.64 Å². The van der Waals surface area contributed by atoms with Crippen LogP contribution in [0.5, 0.6) is 0 Å². The molecule has 26 heavy (non-hydrogen) atoms. The fourth-order valence-electron chi connectivity index (χ4n) is 2.76. The first kappa shape index (κ1) is 17.3. The Morgan fingerprint density at radius 1 is 1.31 bits per heavy atom. The Morgan fingerprint density at radius 3 is 2.81 bits per heavy atom. The highest BCUT2D eigenvalue weighted by molar-refractivity contribution is 7.99. The Kier molecular flexibility index (Phi) is 4.82. The van der Waals surface area contributed by atoms with E-state index in [4.69, 9.17) is 4.74 Å². The molecule has 0 spiro atoms. The first-order valence-electron chi connectivity index (χ1n) is 8.37. The summed E-state index contributed by atoms with van der Waals surface area (Å²) in [4.78, 5) is 19.9. The Labute approximate surface area is 159 Å². The molecule has 2 aromatic carbocycles. The van der Waals surface area contributed by atoms with Gasteiger partial charge >= 0.3 is 5.97 Å². The number of esters is 1. The minimum absolute atomic E-state index is 0.143. The number of benzene rings is 2. The highest BCUT2D eigenvalue weighted by Crippen LogP contribution is 2.32. The molecular formula is C19H17FN2O2S2. The van der Waals surface area contributed by atoms with Crippen LogP contribution in [0.15, 0.2) is 47.4 Å². The number of anilines is 1. The zero-order chi connectivity index (χ0) is 18.1. The van der Waals surface area contributed by atoms with E-state index in [1.807, 2.05) is 17.0 Å². The zero-order valence-electron chi connectivity index (χ0n) is 14.1. The molecule has 0 N–H and O–H groups in total. The molecule has 3 aromatic rings. The summed E-state index contributed by atoms with van der Waals surface area (Å²) in [5.74, 6) is 0.445. The third-order valence-electron chi connectivity index (χ3n) is 4.13. The van der Waals surface area contributed by atoms with E-state index in [0.717, 1.165) is 26.0 Å². The summed E-state index contributed by atoms with van der Waals surface area (Å²) in [5, 5.41) is 0.832. The third kappa shape index (κ3) is 3.54. The van der Waals surface area contributed by atoms with Gasteiger partial charge in [-0.05, 0) is 48.2 Å². The van der Waals surface area contributed by atoms with Crippen molar-refractivity contribution < 1.29 is 13.9 Å². The van der Waals surface area contributed by atoms with Crippen LogP contribution in [-0.2, 0) is 4.74 Å². The molecule has 0 unspecified atom stereocenters. The molecule has 0 saturated carbocycles. The second-order valence-electron chi connectivity index (χ2n) is 6.00. The van der Waals surface area contributed by atoms with Gasteiger partial charge in [-0.3, -0.25) is 0 Å². The van der Waals surface area contributed by atoms with Crippen molar-refractivity contribution in [3.05, 3.63) is 53.8 Å². The molecule has 1 aliphatic rings. The molecule has 0 amide bonds. The summed E-state index contributed by atoms with van der Waals surface area (Å²) in [6.07, 6.45) is -0.143. The topological polar surface area (TPSA) is 42.4 Å². The highest BCUT2D eigenvalue weighted by Gasteiger charge is 2.32. The van der Waals surface area contributed by atoms with Gasteiger partial charge in [0.05, 0.1) is 28.9 Å². The van der Waals surface area contributed by atoms with Gasteiger partial charge in [0.25, 0.3) is 0 Å². The SMILES string of the molecule is CCSc1ccc(C(=O)OC2CN(c3nc4ccc(F)cc4s3)C2)cc1. The van der Waals surface area contributed by atoms with E-state index < -0.39 is 0 Å². The molecule has 0 radical (unpaired) electrons. The highest BCUT2D eigenvalue weighted by atomic mass is 32.2. The van der Waals surface area contributed by atoms with Crippen molar-refractivity contribution >= 4 is 44.4 Å². The molecule has 7 heteroatoms. The molecule has 1 aromatic heterocycles. The molecule has 0 aliphatic carbocycles. The van der Waals surface area contributed by atoms with E-state index in [2.05, 4.69) is 11.9 Å². The number of nitrogens with zero attached hydrogens (tertiary/aromatic N) is 2. The largest absolute Gasteiger partial charge is 0.455 e. The maximum Gasteiger partial charge on any atom is 0.338 e. The van der Waals surface area contributed by atoms with E-state index in [9.17, 15) is 9.18 Å². The number of fused-ring (bicyclic) bond motifs is 1. The summed E-state index contributed by atoms with van der Waals surface area (Å²) >= 11 is 3.19. The first-order valence-corrected chi connectivity index (χ1v) is 10.2. The van der Waals surface area contributed by atoms with Crippen LogP contribution in [0, 0.1) is 5.82 Å². The van der Waals surface area contributed by atoms with Crippen LogP contribution in [0.3, 0.4) is 0 Å². The van der Waals surface area contributed by atoms with Crippen molar-refractivity contribution in [1.82, 2.24) is 4.98 Å². The number of ether oxygens (including phenoxy) is 1. The molecule has 1 saturated heterocycles. The average Bonchev–Trinajstić information content (AvgIpc) is 3.00. The molecule has 0 bridgehead atoms. The van der Waals surface area contributed by atoms with Gasteiger partial charge in [0.2, 0.25) is 0 Å². The van der Waals surface area contributed by atoms with Crippen molar-refractivity contribution in [3.8, 4) is 0 Å². The predicted octanol–water partition coefficient (Wildman–Crippen LogP) is 4.59. The van der Waals surface area contributed by atoms with Crippen molar-refractivity contribution in [2.75, 3.05) is 23.7 Å². The Bertz CT molecular complexity index is 936. The quantitative estimate of drug-likeness (QED) is 0.472. The lowest BCUT2D eigenvalue weighted by atomic mass is 10.2. The maximum absolute atomic E-state index is 13.3. The standard InChI is InChI=1S/C19H17FN2O2S2/c1-2-25-15-6-3-12(4-7-15)18(23)24-14-10-22(11-14)19-21-16-8-5-13(20)9-17(16)26-19/h3-9,14H,2,10-11H2,1H3. The third-order valence-corrected chi connectivity index (χ3v) is 6.11. The number of carbonyl (C=O) groups excluding carboxylic acids is 1. The van der Waals surface area contributed by atoms with Crippen LogP contribution >= 0.6 is 23.1 Å². The molecule has 4 rings (SSSR count). The van der Waals surface area contributed by atoms with Crippen LogP contribution in [-0.4, -0.2) is 35.9 Å². The lowest BCUT2D eigenvalue weighted by Gasteiger charge is -2.38. The molecule has 134 valence electrons. The lowest BCUT2D eigenvalue weighted by Crippen LogP contribution is -2.53. The van der Waals surface area contributed by atoms with Crippen LogP contribution < -0.4 is 4.90 Å². The van der Waals surface area contributed by atoms with Crippen LogP contribution in [0.2, 0.25) is 0 Å². The summed E-state index contributed by atoms with van der Waals surface area (Å²) in [6, 6.07) is 12.1. The Morgan fingerprint density at radius 2 is 2.08 bits per heavy atom. The van der Waals surface area contributed by atoms with Gasteiger partial charge in [0.15, 0.2) is 5.13 Å². The summed E-state index contributed by atoms with van der Waals surface area (Å²) in [7, 11) is 0. The minimum atomic E-state index is -0.297. The number of thioether (sulfide) groups is 1. The summed E-state index contributed by atoms with van der Waals surface area (Å²) < 4.78 is 19.7. The number of aromatic nitrogens is 1. The van der Waals surface area contributed by atoms with Gasteiger partial charge in [0.1, 0.15) is 11.9 Å². The number of thiazole rings is 1. The molecular weight excluding hydrogens is 371 g/mol. The predicted molar refractivity (Wildman–Crippen MR) is 104 cm³/mol. The fraction of sp³-hybridized carbons (Fsp3) is 0.263. The van der Waals surface area contributed by atoms with E-state index in [1.54, 1.807) is 30.0 Å². The van der Waals surface area contributed by atoms with Gasteiger partial charge in [-0.2, -0.15) is 0 Å². The monoisotopic (exact) mass is 388 g/mol. The molecule has 4 nitrogen and oxygen atoms in total. The van der Waals surface area contributed by atoms with Gasteiger partial charge in [-0.1, -0.05) is 18.3 Å². The van der Waals surface area contributed by atoms with Gasteiger partial charge in [0, 0.05) is 4.90 Å². The molecule has 2 heterocycles. The number of carbonyl (C=O) groups is 1. The molecule has 0 atom stereocenters. The van der Waals surface area contributed by atoms with Crippen LogP contribution in [0.4, 0.5) is 9.52 Å². The number of hydrogen-bond donors (Lipinski definition) is 0. The normalized spacial score (nSPS) is 14.5. The second-order valence-corrected chi connectivity index (χ2v) is 8.34. The van der Waals surface area contributed by atoms with Crippen molar-refractivity contribution in [1.29, 1.82) is 0 Å². The summed E-state index contributed by atoms with van der Waals surface area (Å²) in [5.41, 5.74) is 1.36. The molecule has 1 fully saturated rings. The van der Waals surface area contributed by atoms with Crippen molar-refractivity contribution in [3.63, 3.8) is 0 Å². The van der Waals surface area contributed by atoms with Crippen molar-refractivity contribution in [2.24, 2.45) is 0 Å². The number of halogens is 1. The van der Waals surface area contributed by atoms with E-state index in [1.165, 1.54) is 23.5 Å². The first-order chi connectivity index (χ1) is 12.6. The van der Waals surface area contributed by atoms with Crippen LogP contribution in [0.25, 0.3) is 10.2 Å². The van der Waals surface area contributed by atoms with Crippen LogP contribution in [0.1, 0.15) is 17.3 Å². The van der Waals surface area contributed by atoms with E-state index in [0.29, 0.717) is 18.7 Å². The fourth-order valence-corrected chi connectivity index (χ4v) is 4.43. The zero-order valence-corrected chi connectivity index (χ0v) is 15.8. The Balaban J connectivity index is 1.34. The minimum Gasteiger partial charge on any atom is -0.455 e. The number of rotatable bonds is 5. The smallest absolute Gasteiger partial charge is 0.338 e. The van der Waals surface area contributed by atoms with Gasteiger partial charge in [-0.15, -0.1) is 11.8 Å². The lowest BCUT2D eigenvalue weighted by molar-refractivity contribution is 0.0234. The second kappa shape index (κ2) is 7.25. The molecule has 1 aliphatic heterocycles. The number of hydrogen-bond acceptors (Lipinski definition) is 6. The van der Waals surface area contributed by atoms with E-state index >= 15 is 0 Å².